The Morgan fingerprint density at radius 2 is 1.77 bits per heavy atom. The number of carbonyl (C=O) groups is 2. The minimum atomic E-state index is -0.908. The van der Waals surface area contributed by atoms with Crippen LogP contribution in [-0.4, -0.2) is 49.3 Å². The Morgan fingerprint density at radius 1 is 1.12 bits per heavy atom. The topological polar surface area (TPSA) is 80.8 Å². The van der Waals surface area contributed by atoms with E-state index in [1.807, 2.05) is 24.3 Å². The number of esters is 1. The van der Waals surface area contributed by atoms with Gasteiger partial charge in [-0.1, -0.05) is 0 Å². The zero-order valence-electron chi connectivity index (χ0n) is 14.6. The zero-order chi connectivity index (χ0) is 18.4. The number of amides is 1. The Balaban J connectivity index is 1.54. The van der Waals surface area contributed by atoms with Gasteiger partial charge in [0, 0.05) is 36.9 Å². The van der Waals surface area contributed by atoms with Crippen LogP contribution >= 0.6 is 0 Å². The van der Waals surface area contributed by atoms with Crippen LogP contribution in [0.3, 0.4) is 0 Å². The third kappa shape index (κ3) is 4.58. The van der Waals surface area contributed by atoms with Crippen molar-refractivity contribution in [1.82, 2.24) is 4.98 Å². The highest BCUT2D eigenvalue weighted by Crippen LogP contribution is 2.19. The molecule has 1 saturated heterocycles. The number of morpholine rings is 1. The van der Waals surface area contributed by atoms with Crippen molar-refractivity contribution in [3.8, 4) is 0 Å². The molecule has 1 aliphatic rings. The van der Waals surface area contributed by atoms with Crippen LogP contribution in [0.5, 0.6) is 0 Å². The molecule has 0 radical (unpaired) electrons. The van der Waals surface area contributed by atoms with Crippen molar-refractivity contribution in [2.75, 3.05) is 36.5 Å². The molecule has 1 aromatic carbocycles. The van der Waals surface area contributed by atoms with Crippen LogP contribution in [0, 0.1) is 0 Å². The molecule has 7 nitrogen and oxygen atoms in total. The third-order valence-electron chi connectivity index (χ3n) is 4.08. The Bertz CT molecular complexity index is 743. The van der Waals surface area contributed by atoms with Crippen LogP contribution in [0.15, 0.2) is 48.8 Å². The van der Waals surface area contributed by atoms with Gasteiger partial charge in [-0.15, -0.1) is 0 Å². The molecule has 0 saturated carbocycles. The van der Waals surface area contributed by atoms with Gasteiger partial charge in [0.2, 0.25) is 0 Å². The lowest BCUT2D eigenvalue weighted by atomic mass is 10.2. The average Bonchev–Trinajstić information content (AvgIpc) is 2.70. The summed E-state index contributed by atoms with van der Waals surface area (Å²) >= 11 is 0. The van der Waals surface area contributed by atoms with Gasteiger partial charge in [0.05, 0.1) is 18.8 Å². The molecule has 0 aliphatic carbocycles. The van der Waals surface area contributed by atoms with Gasteiger partial charge >= 0.3 is 5.97 Å². The zero-order valence-corrected chi connectivity index (χ0v) is 14.6. The van der Waals surface area contributed by atoms with Gasteiger partial charge in [0.1, 0.15) is 0 Å². The van der Waals surface area contributed by atoms with E-state index in [4.69, 9.17) is 9.47 Å². The maximum absolute atomic E-state index is 12.2. The highest BCUT2D eigenvalue weighted by Gasteiger charge is 2.19. The summed E-state index contributed by atoms with van der Waals surface area (Å²) in [6, 6.07) is 10.7. The van der Waals surface area contributed by atoms with E-state index in [9.17, 15) is 9.59 Å². The lowest BCUT2D eigenvalue weighted by Gasteiger charge is -2.28. The SMILES string of the molecule is C[C@H](OC(=O)c1ccncc1)C(=O)Nc1ccc(N2CCOCC2)cc1. The van der Waals surface area contributed by atoms with E-state index in [1.54, 1.807) is 0 Å². The molecule has 7 heteroatoms. The predicted octanol–water partition coefficient (Wildman–Crippen LogP) is 2.10. The number of rotatable bonds is 5. The summed E-state index contributed by atoms with van der Waals surface area (Å²) in [4.78, 5) is 30.3. The van der Waals surface area contributed by atoms with E-state index in [-0.39, 0.29) is 5.91 Å². The van der Waals surface area contributed by atoms with E-state index in [2.05, 4.69) is 15.2 Å². The van der Waals surface area contributed by atoms with Crippen LogP contribution < -0.4 is 10.2 Å². The summed E-state index contributed by atoms with van der Waals surface area (Å²) < 4.78 is 10.5. The fraction of sp³-hybridized carbons (Fsp3) is 0.316. The van der Waals surface area contributed by atoms with Gasteiger partial charge < -0.3 is 19.7 Å². The Hall–Kier alpha value is -2.93. The molecule has 1 aliphatic heterocycles. The molecule has 1 fully saturated rings. The van der Waals surface area contributed by atoms with E-state index in [0.717, 1.165) is 32.0 Å². The lowest BCUT2D eigenvalue weighted by Crippen LogP contribution is -2.36. The number of hydrogen-bond acceptors (Lipinski definition) is 6. The monoisotopic (exact) mass is 355 g/mol. The number of nitrogens with one attached hydrogen (secondary N) is 1. The number of nitrogens with zero attached hydrogens (tertiary/aromatic N) is 2. The Kier molecular flexibility index (Phi) is 5.80. The molecule has 2 aromatic rings. The number of aromatic nitrogens is 1. The summed E-state index contributed by atoms with van der Waals surface area (Å²) in [6.45, 7) is 4.69. The van der Waals surface area contributed by atoms with Gasteiger partial charge in [0.15, 0.2) is 6.10 Å². The summed E-state index contributed by atoms with van der Waals surface area (Å²) in [5, 5.41) is 2.76. The summed E-state index contributed by atoms with van der Waals surface area (Å²) in [7, 11) is 0. The minimum absolute atomic E-state index is 0.356. The van der Waals surface area contributed by atoms with Crippen LogP contribution in [-0.2, 0) is 14.3 Å². The highest BCUT2D eigenvalue weighted by atomic mass is 16.5. The molecular formula is C19H21N3O4. The minimum Gasteiger partial charge on any atom is -0.449 e. The van der Waals surface area contributed by atoms with Crippen LogP contribution in [0.2, 0.25) is 0 Å². The molecule has 26 heavy (non-hydrogen) atoms. The van der Waals surface area contributed by atoms with Gasteiger partial charge in [-0.3, -0.25) is 9.78 Å². The second-order valence-corrected chi connectivity index (χ2v) is 5.92. The molecule has 1 amide bonds. The van der Waals surface area contributed by atoms with Crippen molar-refractivity contribution in [2.24, 2.45) is 0 Å². The summed E-state index contributed by atoms with van der Waals surface area (Å²) in [5.74, 6) is -0.941. The van der Waals surface area contributed by atoms with Crippen LogP contribution in [0.1, 0.15) is 17.3 Å². The largest absolute Gasteiger partial charge is 0.449 e. The molecule has 0 spiro atoms. The lowest BCUT2D eigenvalue weighted by molar-refractivity contribution is -0.123. The highest BCUT2D eigenvalue weighted by molar-refractivity contribution is 5.97. The Morgan fingerprint density at radius 3 is 2.42 bits per heavy atom. The number of benzene rings is 1. The molecule has 1 atom stereocenters. The molecule has 2 heterocycles. The number of anilines is 2. The van der Waals surface area contributed by atoms with Gasteiger partial charge in [-0.05, 0) is 43.3 Å². The molecule has 1 aromatic heterocycles. The van der Waals surface area contributed by atoms with Crippen molar-refractivity contribution in [3.63, 3.8) is 0 Å². The van der Waals surface area contributed by atoms with Crippen molar-refractivity contribution in [2.45, 2.75) is 13.0 Å². The van der Waals surface area contributed by atoms with Crippen LogP contribution in [0.4, 0.5) is 11.4 Å². The predicted molar refractivity (Wildman–Crippen MR) is 97.2 cm³/mol. The second kappa shape index (κ2) is 8.44. The first-order valence-electron chi connectivity index (χ1n) is 8.48. The van der Waals surface area contributed by atoms with E-state index < -0.39 is 12.1 Å². The first-order valence-corrected chi connectivity index (χ1v) is 8.48. The van der Waals surface area contributed by atoms with Gasteiger partial charge in [-0.25, -0.2) is 4.79 Å². The fourth-order valence-corrected chi connectivity index (χ4v) is 2.59. The standard InChI is InChI=1S/C19H21N3O4/c1-14(26-19(24)15-6-8-20-9-7-15)18(23)21-16-2-4-17(5-3-16)22-10-12-25-13-11-22/h2-9,14H,10-13H2,1H3,(H,21,23)/t14-/m0/s1. The molecular weight excluding hydrogens is 334 g/mol. The second-order valence-electron chi connectivity index (χ2n) is 5.92. The smallest absolute Gasteiger partial charge is 0.339 e. The first-order chi connectivity index (χ1) is 12.6. The molecule has 136 valence electrons. The fourth-order valence-electron chi connectivity index (χ4n) is 2.59. The van der Waals surface area contributed by atoms with Crippen molar-refractivity contribution < 1.29 is 19.1 Å². The van der Waals surface area contributed by atoms with Crippen molar-refractivity contribution in [3.05, 3.63) is 54.4 Å². The van der Waals surface area contributed by atoms with Crippen molar-refractivity contribution in [1.29, 1.82) is 0 Å². The van der Waals surface area contributed by atoms with Crippen molar-refractivity contribution >= 4 is 23.3 Å². The number of carbonyl (C=O) groups excluding carboxylic acids is 2. The Labute approximate surface area is 151 Å². The van der Waals surface area contributed by atoms with Gasteiger partial charge in [0.25, 0.3) is 5.91 Å². The summed E-state index contributed by atoms with van der Waals surface area (Å²) in [6.07, 6.45) is 2.09. The molecule has 0 unspecified atom stereocenters. The third-order valence-corrected chi connectivity index (χ3v) is 4.08. The number of pyridine rings is 1. The maximum atomic E-state index is 12.2. The quantitative estimate of drug-likeness (QED) is 0.828. The van der Waals surface area contributed by atoms with Crippen LogP contribution in [0.25, 0.3) is 0 Å². The normalized spacial score (nSPS) is 15.2. The summed E-state index contributed by atoms with van der Waals surface area (Å²) in [5.41, 5.74) is 2.09. The molecule has 3 rings (SSSR count). The number of ether oxygens (including phenoxy) is 2. The average molecular weight is 355 g/mol. The molecule has 1 N–H and O–H groups in total. The maximum Gasteiger partial charge on any atom is 0.339 e. The van der Waals surface area contributed by atoms with E-state index in [0.29, 0.717) is 11.3 Å². The van der Waals surface area contributed by atoms with Gasteiger partial charge in [-0.2, -0.15) is 0 Å². The van der Waals surface area contributed by atoms with E-state index >= 15 is 0 Å². The first kappa shape index (κ1) is 17.9. The van der Waals surface area contributed by atoms with E-state index in [1.165, 1.54) is 31.5 Å². The molecule has 0 bridgehead atoms. The number of hydrogen-bond donors (Lipinski definition) is 1.